The number of benzene rings is 1. The highest BCUT2D eigenvalue weighted by Gasteiger charge is 2.13. The average molecular weight is 339 g/mol. The number of anilines is 1. The van der Waals surface area contributed by atoms with E-state index in [4.69, 9.17) is 29.0 Å². The molecule has 0 aliphatic heterocycles. The van der Waals surface area contributed by atoms with Crippen molar-refractivity contribution < 1.29 is 0 Å². The Morgan fingerprint density at radius 3 is 2.75 bits per heavy atom. The summed E-state index contributed by atoms with van der Waals surface area (Å²) in [7, 11) is 0. The van der Waals surface area contributed by atoms with Gasteiger partial charge in [-0.15, -0.1) is 0 Å². The van der Waals surface area contributed by atoms with Gasteiger partial charge >= 0.3 is 0 Å². The molecule has 1 aromatic carbocycles. The summed E-state index contributed by atoms with van der Waals surface area (Å²) in [6, 6.07) is 5.24. The van der Waals surface area contributed by atoms with E-state index in [0.29, 0.717) is 15.2 Å². The Morgan fingerprint density at radius 1 is 1.38 bits per heavy atom. The summed E-state index contributed by atoms with van der Waals surface area (Å²) in [5.41, 5.74) is 4.00. The van der Waals surface area contributed by atoms with Crippen LogP contribution in [0.1, 0.15) is 0 Å². The first-order valence-electron chi connectivity index (χ1n) is 4.20. The lowest BCUT2D eigenvalue weighted by Gasteiger charge is -2.02. The smallest absolute Gasteiger partial charge is 0.198 e. The van der Waals surface area contributed by atoms with Crippen LogP contribution in [0, 0.1) is 0 Å². The second kappa shape index (κ2) is 4.89. The molecule has 7 heteroatoms. The fourth-order valence-electron chi connectivity index (χ4n) is 1.21. The highest BCUT2D eigenvalue weighted by molar-refractivity contribution is 9.11. The van der Waals surface area contributed by atoms with Crippen molar-refractivity contribution in [2.45, 2.75) is 0 Å². The highest BCUT2D eigenvalue weighted by atomic mass is 79.9. The van der Waals surface area contributed by atoms with E-state index in [9.17, 15) is 0 Å². The lowest BCUT2D eigenvalue weighted by atomic mass is 10.2. The number of nitrogen functional groups attached to an aromatic ring is 1. The molecule has 3 N–H and O–H groups in total. The Bertz CT molecular complexity index is 529. The quantitative estimate of drug-likeness (QED) is 0.638. The van der Waals surface area contributed by atoms with E-state index < -0.39 is 0 Å². The molecule has 2 rings (SSSR count). The van der Waals surface area contributed by atoms with Gasteiger partial charge in [0.25, 0.3) is 0 Å². The van der Waals surface area contributed by atoms with Crippen LogP contribution >= 0.6 is 50.5 Å². The largest absolute Gasteiger partial charge is 0.300 e. The van der Waals surface area contributed by atoms with Crippen molar-refractivity contribution in [3.05, 3.63) is 32.0 Å². The van der Waals surface area contributed by atoms with E-state index in [1.165, 1.54) is 11.3 Å². The van der Waals surface area contributed by atoms with Gasteiger partial charge in [-0.1, -0.05) is 34.5 Å². The van der Waals surface area contributed by atoms with Crippen molar-refractivity contribution in [2.24, 2.45) is 5.84 Å². The highest BCUT2D eigenvalue weighted by Crippen LogP contribution is 2.39. The predicted molar refractivity (Wildman–Crippen MR) is 73.1 cm³/mol. The molecule has 0 saturated heterocycles. The number of hydrogen-bond acceptors (Lipinski definition) is 4. The summed E-state index contributed by atoms with van der Waals surface area (Å²) in [6.45, 7) is 0. The molecule has 0 atom stereocenters. The monoisotopic (exact) mass is 337 g/mol. The first kappa shape index (κ1) is 12.1. The molecule has 16 heavy (non-hydrogen) atoms. The molecule has 1 heterocycles. The third-order valence-electron chi connectivity index (χ3n) is 1.89. The number of halogens is 3. The van der Waals surface area contributed by atoms with Gasteiger partial charge in [0.2, 0.25) is 0 Å². The minimum absolute atomic E-state index is 0.596. The van der Waals surface area contributed by atoms with Crippen LogP contribution in [-0.2, 0) is 0 Å². The van der Waals surface area contributed by atoms with E-state index in [0.717, 1.165) is 15.0 Å². The molecule has 0 fully saturated rings. The zero-order valence-corrected chi connectivity index (χ0v) is 11.7. The van der Waals surface area contributed by atoms with Gasteiger partial charge in [0.1, 0.15) is 0 Å². The summed E-state index contributed by atoms with van der Waals surface area (Å²) >= 11 is 16.8. The lowest BCUT2D eigenvalue weighted by Crippen LogP contribution is -2.05. The maximum absolute atomic E-state index is 6.09. The van der Waals surface area contributed by atoms with Crippen molar-refractivity contribution >= 4 is 55.6 Å². The fourth-order valence-corrected chi connectivity index (χ4v) is 2.97. The van der Waals surface area contributed by atoms with Crippen LogP contribution in [0.25, 0.3) is 11.3 Å². The molecule has 3 nitrogen and oxygen atoms in total. The number of hydrogen-bond donors (Lipinski definition) is 2. The number of nitrogens with zero attached hydrogens (tertiary/aromatic N) is 1. The van der Waals surface area contributed by atoms with Gasteiger partial charge in [-0.3, -0.25) is 5.43 Å². The Morgan fingerprint density at radius 2 is 2.12 bits per heavy atom. The van der Waals surface area contributed by atoms with Crippen LogP contribution in [0.4, 0.5) is 5.13 Å². The molecule has 0 aliphatic rings. The Hall–Kier alpha value is -0.330. The number of nitrogens with one attached hydrogen (secondary N) is 1. The number of nitrogens with two attached hydrogens (primary N) is 1. The van der Waals surface area contributed by atoms with Crippen LogP contribution in [0.2, 0.25) is 10.0 Å². The molecule has 84 valence electrons. The zero-order chi connectivity index (χ0) is 11.7. The number of rotatable bonds is 2. The third kappa shape index (κ3) is 2.33. The molecule has 2 aromatic rings. The first-order chi connectivity index (χ1) is 7.61. The molecule has 0 unspecified atom stereocenters. The first-order valence-corrected chi connectivity index (χ1v) is 6.56. The molecular weight excluding hydrogens is 333 g/mol. The maximum Gasteiger partial charge on any atom is 0.198 e. The summed E-state index contributed by atoms with van der Waals surface area (Å²) < 4.78 is 0.851. The van der Waals surface area contributed by atoms with Gasteiger partial charge < -0.3 is 0 Å². The Labute approximate surface area is 115 Å². The summed E-state index contributed by atoms with van der Waals surface area (Å²) in [5.74, 6) is 5.30. The third-order valence-corrected chi connectivity index (χ3v) is 4.09. The standard InChI is InChI=1S/C9H6BrCl2N3S/c10-8-7(14-9(15-13)16-8)5-3-4(11)1-2-6(5)12/h1-3H,13H2,(H,14,15). The predicted octanol–water partition coefficient (Wildman–Crippen LogP) is 4.17. The normalized spacial score (nSPS) is 10.5. The SMILES string of the molecule is NNc1nc(-c2cc(Cl)ccc2Cl)c(Br)s1. The molecule has 0 saturated carbocycles. The van der Waals surface area contributed by atoms with Crippen molar-refractivity contribution in [3.8, 4) is 11.3 Å². The van der Waals surface area contributed by atoms with Crippen molar-refractivity contribution in [3.63, 3.8) is 0 Å². The number of thiazole rings is 1. The van der Waals surface area contributed by atoms with Crippen molar-refractivity contribution in [2.75, 3.05) is 5.43 Å². The van der Waals surface area contributed by atoms with Crippen LogP contribution in [0.15, 0.2) is 22.0 Å². The van der Waals surface area contributed by atoms with Gasteiger partial charge in [0, 0.05) is 10.6 Å². The van der Waals surface area contributed by atoms with Gasteiger partial charge in [-0.05, 0) is 34.1 Å². The van der Waals surface area contributed by atoms with Crippen molar-refractivity contribution in [1.29, 1.82) is 0 Å². The summed E-state index contributed by atoms with van der Waals surface area (Å²) in [4.78, 5) is 4.29. The molecule has 0 spiro atoms. The molecular formula is C9H6BrCl2N3S. The van der Waals surface area contributed by atoms with E-state index >= 15 is 0 Å². The van der Waals surface area contributed by atoms with Crippen LogP contribution < -0.4 is 11.3 Å². The van der Waals surface area contributed by atoms with Crippen LogP contribution in [0.3, 0.4) is 0 Å². The fraction of sp³-hybridized carbons (Fsp3) is 0. The maximum atomic E-state index is 6.09. The Kier molecular flexibility index (Phi) is 3.71. The second-order valence-corrected chi connectivity index (χ2v) is 6.07. The molecule has 0 amide bonds. The van der Waals surface area contributed by atoms with Crippen LogP contribution in [-0.4, -0.2) is 4.98 Å². The molecule has 1 aromatic heterocycles. The van der Waals surface area contributed by atoms with E-state index in [1.807, 2.05) is 0 Å². The van der Waals surface area contributed by atoms with E-state index in [2.05, 4.69) is 26.3 Å². The van der Waals surface area contributed by atoms with Gasteiger partial charge in [0.05, 0.1) is 14.5 Å². The van der Waals surface area contributed by atoms with Gasteiger partial charge in [0.15, 0.2) is 5.13 Å². The molecule has 0 bridgehead atoms. The van der Waals surface area contributed by atoms with E-state index in [-0.39, 0.29) is 0 Å². The topological polar surface area (TPSA) is 50.9 Å². The number of hydrazine groups is 1. The minimum atomic E-state index is 0.596. The number of aromatic nitrogens is 1. The molecule has 0 aliphatic carbocycles. The Balaban J connectivity index is 2.57. The van der Waals surface area contributed by atoms with Crippen LogP contribution in [0.5, 0.6) is 0 Å². The lowest BCUT2D eigenvalue weighted by molar-refractivity contribution is 1.29. The second-order valence-electron chi connectivity index (χ2n) is 2.91. The van der Waals surface area contributed by atoms with Crippen molar-refractivity contribution in [1.82, 2.24) is 4.98 Å². The average Bonchev–Trinajstić information content (AvgIpc) is 2.63. The van der Waals surface area contributed by atoms with Gasteiger partial charge in [-0.25, -0.2) is 10.8 Å². The molecule has 0 radical (unpaired) electrons. The zero-order valence-electron chi connectivity index (χ0n) is 7.80. The minimum Gasteiger partial charge on any atom is -0.300 e. The van der Waals surface area contributed by atoms with E-state index in [1.54, 1.807) is 18.2 Å². The van der Waals surface area contributed by atoms with Gasteiger partial charge in [-0.2, -0.15) is 0 Å². The summed E-state index contributed by atoms with van der Waals surface area (Å²) in [6.07, 6.45) is 0. The summed E-state index contributed by atoms with van der Waals surface area (Å²) in [5, 5.41) is 1.82.